The van der Waals surface area contributed by atoms with E-state index in [9.17, 15) is 4.79 Å². The number of para-hydroxylation sites is 1. The third kappa shape index (κ3) is 2.89. The second-order valence-corrected chi connectivity index (χ2v) is 4.15. The zero-order chi connectivity index (χ0) is 10.6. The molecule has 0 radical (unpaired) electrons. The van der Waals surface area contributed by atoms with Crippen LogP contribution in [0.5, 0.6) is 0 Å². The molecule has 0 heterocycles. The van der Waals surface area contributed by atoms with E-state index < -0.39 is 3.92 Å². The van der Waals surface area contributed by atoms with Gasteiger partial charge in [-0.05, 0) is 12.1 Å². The summed E-state index contributed by atoms with van der Waals surface area (Å²) in [5.41, 5.74) is 0.580. The van der Waals surface area contributed by atoms with Crippen LogP contribution in [-0.2, 0) is 4.79 Å². The fraction of sp³-hybridized carbons (Fsp3) is 0.100. The topological polar surface area (TPSA) is 29.1 Å². The van der Waals surface area contributed by atoms with E-state index in [2.05, 4.69) is 11.2 Å². The zero-order valence-corrected chi connectivity index (χ0v) is 10.0. The van der Waals surface area contributed by atoms with Crippen molar-refractivity contribution in [3.05, 3.63) is 29.3 Å². The summed E-state index contributed by atoms with van der Waals surface area (Å²) in [4.78, 5) is 11.4. The van der Waals surface area contributed by atoms with Gasteiger partial charge in [-0.2, -0.15) is 0 Å². The van der Waals surface area contributed by atoms with E-state index in [1.807, 2.05) is 22.6 Å². The average Bonchev–Trinajstić information content (AvgIpc) is 2.20. The molecule has 0 aliphatic heterocycles. The molecule has 1 N–H and O–H groups in total. The van der Waals surface area contributed by atoms with Gasteiger partial charge in [-0.15, -0.1) is 6.42 Å². The normalized spacial score (nSPS) is 11.5. The molecule has 1 rings (SSSR count). The minimum absolute atomic E-state index is 0.235. The van der Waals surface area contributed by atoms with E-state index >= 15 is 0 Å². The van der Waals surface area contributed by atoms with Crippen LogP contribution in [-0.4, -0.2) is 9.83 Å². The Hall–Kier alpha value is -0.730. The molecule has 72 valence electrons. The number of carbonyl (C=O) groups is 1. The Bertz CT molecular complexity index is 386. The highest BCUT2D eigenvalue weighted by molar-refractivity contribution is 14.1. The Morgan fingerprint density at radius 1 is 1.57 bits per heavy atom. The van der Waals surface area contributed by atoms with Gasteiger partial charge in [-0.1, -0.05) is 52.2 Å². The van der Waals surface area contributed by atoms with Crippen molar-refractivity contribution in [3.63, 3.8) is 0 Å². The molecule has 0 aliphatic rings. The number of nitrogens with one attached hydrogen (secondary N) is 1. The number of anilines is 1. The van der Waals surface area contributed by atoms with Gasteiger partial charge < -0.3 is 5.32 Å². The second-order valence-electron chi connectivity index (χ2n) is 2.50. The molecular weight excluding hydrogens is 312 g/mol. The van der Waals surface area contributed by atoms with Gasteiger partial charge in [-0.3, -0.25) is 4.79 Å². The van der Waals surface area contributed by atoms with Gasteiger partial charge in [0.15, 0.2) is 3.92 Å². The highest BCUT2D eigenvalue weighted by Gasteiger charge is 2.12. The summed E-state index contributed by atoms with van der Waals surface area (Å²) in [5, 5.41) is 3.14. The summed E-state index contributed by atoms with van der Waals surface area (Å²) < 4.78 is -0.483. The number of rotatable bonds is 2. The standard InChI is InChI=1S/C10H7ClINO/c1-2-8(12)10(14)13-9-6-4-3-5-7(9)11/h1,3-6,8H,(H,13,14). The summed E-state index contributed by atoms with van der Waals surface area (Å²) in [5.74, 6) is 2.10. The van der Waals surface area contributed by atoms with Gasteiger partial charge in [0.05, 0.1) is 10.7 Å². The van der Waals surface area contributed by atoms with Crippen LogP contribution >= 0.6 is 34.2 Å². The lowest BCUT2D eigenvalue weighted by Gasteiger charge is -2.07. The molecule has 4 heteroatoms. The Kier molecular flexibility index (Phi) is 4.23. The number of hydrogen-bond donors (Lipinski definition) is 1. The summed E-state index contributed by atoms with van der Waals surface area (Å²) in [6.07, 6.45) is 5.11. The maximum absolute atomic E-state index is 11.4. The third-order valence-electron chi connectivity index (χ3n) is 1.51. The molecule has 1 amide bonds. The lowest BCUT2D eigenvalue weighted by molar-refractivity contribution is -0.114. The van der Waals surface area contributed by atoms with Crippen LogP contribution < -0.4 is 5.32 Å². The molecule has 2 nitrogen and oxygen atoms in total. The number of carbonyl (C=O) groups excluding carboxylic acids is 1. The molecule has 1 atom stereocenters. The van der Waals surface area contributed by atoms with Crippen molar-refractivity contribution < 1.29 is 4.79 Å². The van der Waals surface area contributed by atoms with Crippen LogP contribution in [0.2, 0.25) is 5.02 Å². The summed E-state index contributed by atoms with van der Waals surface area (Å²) in [6.45, 7) is 0. The summed E-state index contributed by atoms with van der Waals surface area (Å²) in [7, 11) is 0. The van der Waals surface area contributed by atoms with E-state index in [0.717, 1.165) is 0 Å². The molecular formula is C10H7ClINO. The van der Waals surface area contributed by atoms with E-state index in [4.69, 9.17) is 18.0 Å². The lowest BCUT2D eigenvalue weighted by Crippen LogP contribution is -2.21. The predicted octanol–water partition coefficient (Wildman–Crippen LogP) is 2.72. The largest absolute Gasteiger partial charge is 0.323 e. The first-order valence-corrected chi connectivity index (χ1v) is 5.43. The number of amides is 1. The van der Waals surface area contributed by atoms with E-state index in [-0.39, 0.29) is 5.91 Å². The predicted molar refractivity (Wildman–Crippen MR) is 66.7 cm³/mol. The van der Waals surface area contributed by atoms with Gasteiger partial charge in [0, 0.05) is 0 Å². The van der Waals surface area contributed by atoms with Gasteiger partial charge in [0.2, 0.25) is 5.91 Å². The first kappa shape index (κ1) is 11.3. The molecule has 0 bridgehead atoms. The maximum Gasteiger partial charge on any atom is 0.249 e. The zero-order valence-electron chi connectivity index (χ0n) is 7.13. The van der Waals surface area contributed by atoms with Crippen molar-refractivity contribution in [1.29, 1.82) is 0 Å². The van der Waals surface area contributed by atoms with Crippen LogP contribution in [0.3, 0.4) is 0 Å². The average molecular weight is 320 g/mol. The van der Waals surface area contributed by atoms with Crippen LogP contribution in [0.4, 0.5) is 5.69 Å². The molecule has 1 aromatic carbocycles. The van der Waals surface area contributed by atoms with E-state index in [1.54, 1.807) is 24.3 Å². The minimum Gasteiger partial charge on any atom is -0.323 e. The number of benzene rings is 1. The highest BCUT2D eigenvalue weighted by Crippen LogP contribution is 2.20. The highest BCUT2D eigenvalue weighted by atomic mass is 127. The number of alkyl halides is 1. The third-order valence-corrected chi connectivity index (χ3v) is 2.76. The molecule has 1 aromatic rings. The number of halogens is 2. The van der Waals surface area contributed by atoms with Gasteiger partial charge in [0.25, 0.3) is 0 Å². The lowest BCUT2D eigenvalue weighted by atomic mass is 10.3. The first-order valence-electron chi connectivity index (χ1n) is 3.80. The molecule has 0 saturated carbocycles. The summed E-state index contributed by atoms with van der Waals surface area (Å²) >= 11 is 7.73. The molecule has 0 aromatic heterocycles. The van der Waals surface area contributed by atoms with Crippen LogP contribution in [0.1, 0.15) is 0 Å². The molecule has 14 heavy (non-hydrogen) atoms. The van der Waals surface area contributed by atoms with Crippen LogP contribution in [0.15, 0.2) is 24.3 Å². The van der Waals surface area contributed by atoms with Crippen LogP contribution in [0.25, 0.3) is 0 Å². The van der Waals surface area contributed by atoms with Crippen molar-refractivity contribution in [2.45, 2.75) is 3.92 Å². The molecule has 0 fully saturated rings. The molecule has 0 saturated heterocycles. The Labute approximate surface area is 101 Å². The van der Waals surface area contributed by atoms with Gasteiger partial charge >= 0.3 is 0 Å². The Balaban J connectivity index is 2.76. The van der Waals surface area contributed by atoms with Crippen molar-refractivity contribution in [3.8, 4) is 12.3 Å². The molecule has 1 unspecified atom stereocenters. The SMILES string of the molecule is C#CC(I)C(=O)Nc1ccccc1Cl. The second kappa shape index (κ2) is 5.23. The van der Waals surface area contributed by atoms with Crippen molar-refractivity contribution in [2.24, 2.45) is 0 Å². The summed E-state index contributed by atoms with van der Waals surface area (Å²) in [6, 6.07) is 7.01. The smallest absolute Gasteiger partial charge is 0.249 e. The van der Waals surface area contributed by atoms with Gasteiger partial charge in [0.1, 0.15) is 0 Å². The van der Waals surface area contributed by atoms with E-state index in [0.29, 0.717) is 10.7 Å². The number of hydrogen-bond acceptors (Lipinski definition) is 1. The van der Waals surface area contributed by atoms with E-state index in [1.165, 1.54) is 0 Å². The fourth-order valence-electron chi connectivity index (χ4n) is 0.834. The fourth-order valence-corrected chi connectivity index (χ4v) is 1.17. The Morgan fingerprint density at radius 3 is 2.79 bits per heavy atom. The van der Waals surface area contributed by atoms with Crippen molar-refractivity contribution in [2.75, 3.05) is 5.32 Å². The maximum atomic E-state index is 11.4. The first-order chi connectivity index (χ1) is 6.65. The van der Waals surface area contributed by atoms with Gasteiger partial charge in [-0.25, -0.2) is 0 Å². The van der Waals surface area contributed by atoms with Crippen molar-refractivity contribution >= 4 is 45.8 Å². The van der Waals surface area contributed by atoms with Crippen LogP contribution in [0, 0.1) is 12.3 Å². The quantitative estimate of drug-likeness (QED) is 0.507. The molecule has 0 spiro atoms. The minimum atomic E-state index is -0.483. The monoisotopic (exact) mass is 319 g/mol. The number of terminal acetylenes is 1. The Morgan fingerprint density at radius 2 is 2.21 bits per heavy atom. The molecule has 0 aliphatic carbocycles. The van der Waals surface area contributed by atoms with Crippen molar-refractivity contribution in [1.82, 2.24) is 0 Å².